The second-order valence-electron chi connectivity index (χ2n) is 6.69. The van der Waals surface area contributed by atoms with Crippen molar-refractivity contribution in [1.29, 1.82) is 0 Å². The van der Waals surface area contributed by atoms with Crippen LogP contribution in [0.2, 0.25) is 0 Å². The maximum Gasteiger partial charge on any atom is 0.320 e. The van der Waals surface area contributed by atoms with E-state index in [4.69, 9.17) is 0 Å². The van der Waals surface area contributed by atoms with Crippen molar-refractivity contribution in [3.05, 3.63) is 71.8 Å². The fourth-order valence-electron chi connectivity index (χ4n) is 3.51. The minimum absolute atomic E-state index is 0.120. The Bertz CT molecular complexity index is 733. The van der Waals surface area contributed by atoms with E-state index >= 15 is 0 Å². The summed E-state index contributed by atoms with van der Waals surface area (Å²) >= 11 is 0. The van der Waals surface area contributed by atoms with E-state index in [0.29, 0.717) is 19.4 Å². The van der Waals surface area contributed by atoms with Gasteiger partial charge in [0, 0.05) is 0 Å². The molecule has 0 aliphatic carbocycles. The Kier molecular flexibility index (Phi) is 6.02. The van der Waals surface area contributed by atoms with Crippen LogP contribution in [0.5, 0.6) is 0 Å². The topological polar surface area (TPSA) is 69.6 Å². The van der Waals surface area contributed by atoms with E-state index in [1.807, 2.05) is 60.7 Å². The molecule has 0 saturated carbocycles. The lowest BCUT2D eigenvalue weighted by Crippen LogP contribution is -2.44. The van der Waals surface area contributed by atoms with Gasteiger partial charge in [-0.2, -0.15) is 0 Å². The van der Waals surface area contributed by atoms with Gasteiger partial charge in [0.15, 0.2) is 0 Å². The van der Waals surface area contributed by atoms with E-state index < -0.39 is 12.0 Å². The van der Waals surface area contributed by atoms with Crippen LogP contribution in [0.4, 0.5) is 0 Å². The third-order valence-electron chi connectivity index (χ3n) is 4.82. The van der Waals surface area contributed by atoms with Crippen LogP contribution < -0.4 is 5.32 Å². The highest BCUT2D eigenvalue weighted by atomic mass is 16.4. The van der Waals surface area contributed by atoms with Crippen molar-refractivity contribution in [2.24, 2.45) is 0 Å². The molecule has 1 fully saturated rings. The maximum atomic E-state index is 12.6. The second-order valence-corrected chi connectivity index (χ2v) is 6.69. The van der Waals surface area contributed by atoms with Gasteiger partial charge in [0.2, 0.25) is 5.91 Å². The predicted octanol–water partition coefficient (Wildman–Crippen LogP) is 2.64. The molecule has 5 nitrogen and oxygen atoms in total. The van der Waals surface area contributed by atoms with E-state index in [1.165, 1.54) is 0 Å². The molecule has 26 heavy (non-hydrogen) atoms. The van der Waals surface area contributed by atoms with Gasteiger partial charge >= 0.3 is 5.97 Å². The second kappa shape index (κ2) is 8.63. The van der Waals surface area contributed by atoms with E-state index in [1.54, 1.807) is 4.90 Å². The van der Waals surface area contributed by atoms with Gasteiger partial charge in [0.1, 0.15) is 6.04 Å². The minimum atomic E-state index is -0.848. The van der Waals surface area contributed by atoms with Crippen molar-refractivity contribution in [2.45, 2.75) is 31.3 Å². The van der Waals surface area contributed by atoms with Gasteiger partial charge in [0.05, 0.1) is 12.6 Å². The number of amides is 1. The highest BCUT2D eigenvalue weighted by Crippen LogP contribution is 2.20. The number of hydrogen-bond donors (Lipinski definition) is 2. The number of carboxylic acids is 1. The molecule has 0 spiro atoms. The summed E-state index contributed by atoms with van der Waals surface area (Å²) in [7, 11) is 0. The average molecular weight is 352 g/mol. The number of hydrogen-bond acceptors (Lipinski definition) is 3. The third kappa shape index (κ3) is 4.70. The van der Waals surface area contributed by atoms with Gasteiger partial charge in [-0.15, -0.1) is 0 Å². The molecular formula is C21H24N2O3. The van der Waals surface area contributed by atoms with Crippen LogP contribution in [0.3, 0.4) is 0 Å². The maximum absolute atomic E-state index is 12.6. The SMILES string of the molecule is O=C(CN1CCC[C@@H]1C(=O)O)N[C@H](Cc1ccccc1)c1ccccc1. The third-order valence-corrected chi connectivity index (χ3v) is 4.82. The zero-order valence-electron chi connectivity index (χ0n) is 14.7. The highest BCUT2D eigenvalue weighted by molar-refractivity contribution is 5.80. The monoisotopic (exact) mass is 352 g/mol. The Balaban J connectivity index is 1.69. The lowest BCUT2D eigenvalue weighted by molar-refractivity contribution is -0.142. The Hall–Kier alpha value is -2.66. The van der Waals surface area contributed by atoms with E-state index in [0.717, 1.165) is 17.5 Å². The molecule has 0 aromatic heterocycles. The first-order valence-corrected chi connectivity index (χ1v) is 8.98. The Morgan fingerprint density at radius 3 is 2.38 bits per heavy atom. The first kappa shape index (κ1) is 18.1. The number of nitrogens with one attached hydrogen (secondary N) is 1. The average Bonchev–Trinajstić information content (AvgIpc) is 3.11. The number of carboxylic acid groups (broad SMARTS) is 1. The number of carbonyl (C=O) groups is 2. The molecule has 0 unspecified atom stereocenters. The lowest BCUT2D eigenvalue weighted by Gasteiger charge is -2.24. The quantitative estimate of drug-likeness (QED) is 0.804. The van der Waals surface area contributed by atoms with Crippen LogP contribution >= 0.6 is 0 Å². The molecule has 1 heterocycles. The molecule has 1 aliphatic heterocycles. The summed E-state index contributed by atoms with van der Waals surface area (Å²) in [6.45, 7) is 0.772. The van der Waals surface area contributed by atoms with Gasteiger partial charge in [-0.05, 0) is 36.9 Å². The largest absolute Gasteiger partial charge is 0.480 e. The van der Waals surface area contributed by atoms with Crippen molar-refractivity contribution in [2.75, 3.05) is 13.1 Å². The summed E-state index contributed by atoms with van der Waals surface area (Å²) < 4.78 is 0. The zero-order valence-corrected chi connectivity index (χ0v) is 14.7. The summed E-state index contributed by atoms with van der Waals surface area (Å²) in [5.41, 5.74) is 2.19. The van der Waals surface area contributed by atoms with Crippen LogP contribution in [0.1, 0.15) is 30.0 Å². The molecule has 3 rings (SSSR count). The van der Waals surface area contributed by atoms with Crippen LogP contribution in [0.25, 0.3) is 0 Å². The fraction of sp³-hybridized carbons (Fsp3) is 0.333. The summed E-state index contributed by atoms with van der Waals surface area (Å²) in [4.78, 5) is 25.7. The molecule has 136 valence electrons. The number of carbonyl (C=O) groups excluding carboxylic acids is 1. The smallest absolute Gasteiger partial charge is 0.320 e. The molecule has 2 N–H and O–H groups in total. The predicted molar refractivity (Wildman–Crippen MR) is 99.7 cm³/mol. The summed E-state index contributed by atoms with van der Waals surface area (Å²) in [6, 6.07) is 19.2. The highest BCUT2D eigenvalue weighted by Gasteiger charge is 2.32. The number of benzene rings is 2. The van der Waals surface area contributed by atoms with Crippen LogP contribution in [0, 0.1) is 0 Å². The molecule has 2 aromatic rings. The van der Waals surface area contributed by atoms with E-state index in [9.17, 15) is 14.7 Å². The number of rotatable bonds is 7. The summed E-state index contributed by atoms with van der Waals surface area (Å²) in [5.74, 6) is -0.984. The minimum Gasteiger partial charge on any atom is -0.480 e. The lowest BCUT2D eigenvalue weighted by atomic mass is 9.99. The van der Waals surface area contributed by atoms with Gasteiger partial charge < -0.3 is 10.4 Å². The van der Waals surface area contributed by atoms with Crippen molar-refractivity contribution in [3.63, 3.8) is 0 Å². The van der Waals surface area contributed by atoms with Crippen LogP contribution in [0.15, 0.2) is 60.7 Å². The number of aliphatic carboxylic acids is 1. The van der Waals surface area contributed by atoms with Crippen LogP contribution in [-0.4, -0.2) is 41.0 Å². The Morgan fingerprint density at radius 2 is 1.73 bits per heavy atom. The molecule has 2 atom stereocenters. The van der Waals surface area contributed by atoms with Crippen molar-refractivity contribution in [1.82, 2.24) is 10.2 Å². The van der Waals surface area contributed by atoms with Crippen LogP contribution in [-0.2, 0) is 16.0 Å². The molecular weight excluding hydrogens is 328 g/mol. The zero-order chi connectivity index (χ0) is 18.4. The van der Waals surface area contributed by atoms with Gasteiger partial charge in [0.25, 0.3) is 0 Å². The molecule has 1 amide bonds. The molecule has 5 heteroatoms. The van der Waals surface area contributed by atoms with Gasteiger partial charge in [-0.25, -0.2) is 0 Å². The molecule has 0 radical (unpaired) electrons. The standard InChI is InChI=1S/C21H24N2O3/c24-20(15-23-13-7-12-19(23)21(25)26)22-18(17-10-5-2-6-11-17)14-16-8-3-1-4-9-16/h1-6,8-11,18-19H,7,12-15H2,(H,22,24)(H,25,26)/t18-,19-/m1/s1. The molecule has 2 aromatic carbocycles. The molecule has 1 saturated heterocycles. The van der Waals surface area contributed by atoms with Crippen molar-refractivity contribution >= 4 is 11.9 Å². The first-order chi connectivity index (χ1) is 12.6. The normalized spacial score (nSPS) is 18.4. The first-order valence-electron chi connectivity index (χ1n) is 8.98. The molecule has 0 bridgehead atoms. The summed E-state index contributed by atoms with van der Waals surface area (Å²) in [5, 5.41) is 12.4. The molecule has 1 aliphatic rings. The number of nitrogens with zero attached hydrogens (tertiary/aromatic N) is 1. The van der Waals surface area contributed by atoms with Crippen molar-refractivity contribution in [3.8, 4) is 0 Å². The van der Waals surface area contributed by atoms with Gasteiger partial charge in [-0.3, -0.25) is 14.5 Å². The van der Waals surface area contributed by atoms with Gasteiger partial charge in [-0.1, -0.05) is 60.7 Å². The Labute approximate surface area is 153 Å². The van der Waals surface area contributed by atoms with E-state index in [-0.39, 0.29) is 18.5 Å². The number of likely N-dealkylation sites (tertiary alicyclic amines) is 1. The fourth-order valence-corrected chi connectivity index (χ4v) is 3.51. The van der Waals surface area contributed by atoms with E-state index in [2.05, 4.69) is 5.32 Å². The Morgan fingerprint density at radius 1 is 1.08 bits per heavy atom. The van der Waals surface area contributed by atoms with Crippen molar-refractivity contribution < 1.29 is 14.7 Å². The summed E-state index contributed by atoms with van der Waals surface area (Å²) in [6.07, 6.45) is 2.12.